The van der Waals surface area contributed by atoms with Crippen molar-refractivity contribution in [3.05, 3.63) is 34.3 Å². The zero-order chi connectivity index (χ0) is 9.68. The molecule has 3 heteroatoms. The van der Waals surface area contributed by atoms with Crippen LogP contribution in [0.5, 0.6) is 0 Å². The van der Waals surface area contributed by atoms with Gasteiger partial charge in [-0.3, -0.25) is 0 Å². The van der Waals surface area contributed by atoms with Crippen LogP contribution in [-0.2, 0) is 6.61 Å². The van der Waals surface area contributed by atoms with Crippen molar-refractivity contribution in [1.29, 1.82) is 0 Å². The lowest BCUT2D eigenvalue weighted by molar-refractivity contribution is 0.282. The number of benzene rings is 1. The molecule has 13 heavy (non-hydrogen) atoms. The van der Waals surface area contributed by atoms with Gasteiger partial charge in [-0.2, -0.15) is 0 Å². The van der Waals surface area contributed by atoms with Gasteiger partial charge in [-0.1, -0.05) is 39.4 Å². The SMILES string of the molecule is OCc1cc(C#CCBr)ccc1Cl. The molecular weight excluding hydrogens is 251 g/mol. The molecule has 0 saturated heterocycles. The number of alkyl halides is 1. The van der Waals surface area contributed by atoms with E-state index in [-0.39, 0.29) is 6.61 Å². The van der Waals surface area contributed by atoms with Gasteiger partial charge in [0.25, 0.3) is 0 Å². The van der Waals surface area contributed by atoms with Crippen molar-refractivity contribution in [2.24, 2.45) is 0 Å². The molecule has 0 amide bonds. The van der Waals surface area contributed by atoms with E-state index in [2.05, 4.69) is 27.8 Å². The summed E-state index contributed by atoms with van der Waals surface area (Å²) < 4.78 is 0. The zero-order valence-corrected chi connectivity index (χ0v) is 9.19. The summed E-state index contributed by atoms with van der Waals surface area (Å²) in [7, 11) is 0. The average molecular weight is 260 g/mol. The Morgan fingerprint density at radius 1 is 1.46 bits per heavy atom. The number of hydrogen-bond acceptors (Lipinski definition) is 1. The molecule has 0 saturated carbocycles. The highest BCUT2D eigenvalue weighted by molar-refractivity contribution is 9.09. The maximum absolute atomic E-state index is 8.93. The largest absolute Gasteiger partial charge is 0.392 e. The first-order valence-electron chi connectivity index (χ1n) is 3.72. The van der Waals surface area contributed by atoms with E-state index in [0.29, 0.717) is 15.9 Å². The van der Waals surface area contributed by atoms with E-state index in [1.165, 1.54) is 0 Å². The van der Waals surface area contributed by atoms with Crippen LogP contribution in [0.25, 0.3) is 0 Å². The van der Waals surface area contributed by atoms with E-state index < -0.39 is 0 Å². The van der Waals surface area contributed by atoms with Crippen molar-refractivity contribution >= 4 is 27.5 Å². The highest BCUT2D eigenvalue weighted by Gasteiger charge is 1.98. The summed E-state index contributed by atoms with van der Waals surface area (Å²) in [4.78, 5) is 0. The summed E-state index contributed by atoms with van der Waals surface area (Å²) in [5.41, 5.74) is 1.58. The normalized spacial score (nSPS) is 9.15. The van der Waals surface area contributed by atoms with Gasteiger partial charge in [0.2, 0.25) is 0 Å². The number of aliphatic hydroxyl groups excluding tert-OH is 1. The minimum Gasteiger partial charge on any atom is -0.392 e. The first-order chi connectivity index (χ1) is 6.27. The van der Waals surface area contributed by atoms with Crippen LogP contribution in [0.2, 0.25) is 5.02 Å². The maximum atomic E-state index is 8.93. The molecule has 0 atom stereocenters. The van der Waals surface area contributed by atoms with Gasteiger partial charge in [-0.05, 0) is 23.8 Å². The maximum Gasteiger partial charge on any atom is 0.0696 e. The van der Waals surface area contributed by atoms with Crippen molar-refractivity contribution in [3.63, 3.8) is 0 Å². The van der Waals surface area contributed by atoms with E-state index >= 15 is 0 Å². The first-order valence-corrected chi connectivity index (χ1v) is 5.22. The van der Waals surface area contributed by atoms with Gasteiger partial charge in [0.15, 0.2) is 0 Å². The molecule has 0 heterocycles. The minimum atomic E-state index is -0.0529. The van der Waals surface area contributed by atoms with Crippen molar-refractivity contribution in [2.45, 2.75) is 6.61 Å². The molecular formula is C10H8BrClO. The van der Waals surface area contributed by atoms with E-state index in [1.807, 2.05) is 6.07 Å². The van der Waals surface area contributed by atoms with Gasteiger partial charge in [-0.25, -0.2) is 0 Å². The summed E-state index contributed by atoms with van der Waals surface area (Å²) in [5.74, 6) is 5.81. The smallest absolute Gasteiger partial charge is 0.0696 e. The van der Waals surface area contributed by atoms with Gasteiger partial charge < -0.3 is 5.11 Å². The molecule has 0 bridgehead atoms. The molecule has 0 aliphatic carbocycles. The predicted molar refractivity (Wildman–Crippen MR) is 58.0 cm³/mol. The molecule has 0 spiro atoms. The lowest BCUT2D eigenvalue weighted by Crippen LogP contribution is -1.86. The van der Waals surface area contributed by atoms with Gasteiger partial charge in [0.05, 0.1) is 11.9 Å². The Morgan fingerprint density at radius 3 is 2.85 bits per heavy atom. The molecule has 1 rings (SSSR count). The van der Waals surface area contributed by atoms with Crippen molar-refractivity contribution in [2.75, 3.05) is 5.33 Å². The van der Waals surface area contributed by atoms with Crippen LogP contribution in [0.1, 0.15) is 11.1 Å². The molecule has 0 aliphatic heterocycles. The molecule has 0 radical (unpaired) electrons. The van der Waals surface area contributed by atoms with E-state index in [4.69, 9.17) is 16.7 Å². The Kier molecular flexibility index (Phi) is 4.31. The van der Waals surface area contributed by atoms with Crippen LogP contribution in [-0.4, -0.2) is 10.4 Å². The van der Waals surface area contributed by atoms with Crippen molar-refractivity contribution in [1.82, 2.24) is 0 Å². The summed E-state index contributed by atoms with van der Waals surface area (Å²) >= 11 is 9.02. The van der Waals surface area contributed by atoms with Crippen molar-refractivity contribution in [3.8, 4) is 11.8 Å². The van der Waals surface area contributed by atoms with Crippen LogP contribution in [0.3, 0.4) is 0 Å². The highest BCUT2D eigenvalue weighted by atomic mass is 79.9. The Morgan fingerprint density at radius 2 is 2.23 bits per heavy atom. The van der Waals surface area contributed by atoms with Gasteiger partial charge >= 0.3 is 0 Å². The average Bonchev–Trinajstić information content (AvgIpc) is 2.16. The van der Waals surface area contributed by atoms with Crippen molar-refractivity contribution < 1.29 is 5.11 Å². The summed E-state index contributed by atoms with van der Waals surface area (Å²) in [6.45, 7) is -0.0529. The Hall–Kier alpha value is -0.490. The number of rotatable bonds is 1. The van der Waals surface area contributed by atoms with Crippen LogP contribution < -0.4 is 0 Å². The van der Waals surface area contributed by atoms with Gasteiger partial charge in [0, 0.05) is 10.6 Å². The molecule has 0 unspecified atom stereocenters. The molecule has 68 valence electrons. The fourth-order valence-corrected chi connectivity index (χ4v) is 1.23. The lowest BCUT2D eigenvalue weighted by Gasteiger charge is -1.99. The minimum absolute atomic E-state index is 0.0529. The van der Waals surface area contributed by atoms with Crippen LogP contribution >= 0.6 is 27.5 Å². The van der Waals surface area contributed by atoms with Crippen LogP contribution in [0.4, 0.5) is 0 Å². The predicted octanol–water partition coefficient (Wildman–Crippen LogP) is 2.58. The fourth-order valence-electron chi connectivity index (χ4n) is 0.909. The highest BCUT2D eigenvalue weighted by Crippen LogP contribution is 2.16. The molecule has 0 aliphatic rings. The first kappa shape index (κ1) is 10.6. The second-order valence-corrected chi connectivity index (χ2v) is 3.37. The van der Waals surface area contributed by atoms with Crippen LogP contribution in [0, 0.1) is 11.8 Å². The summed E-state index contributed by atoms with van der Waals surface area (Å²) in [6.07, 6.45) is 0. The second kappa shape index (κ2) is 5.29. The van der Waals surface area contributed by atoms with Gasteiger partial charge in [0.1, 0.15) is 0 Å². The molecule has 0 aromatic heterocycles. The monoisotopic (exact) mass is 258 g/mol. The third-order valence-corrected chi connectivity index (χ3v) is 2.16. The van der Waals surface area contributed by atoms with Gasteiger partial charge in [-0.15, -0.1) is 0 Å². The third kappa shape index (κ3) is 3.04. The summed E-state index contributed by atoms with van der Waals surface area (Å²) in [5, 5.41) is 10.1. The number of hydrogen-bond donors (Lipinski definition) is 1. The fraction of sp³-hybridized carbons (Fsp3) is 0.200. The molecule has 0 fully saturated rings. The quantitative estimate of drug-likeness (QED) is 0.607. The Bertz CT molecular complexity index is 352. The van der Waals surface area contributed by atoms with E-state index in [0.717, 1.165) is 5.56 Å². The standard InChI is InChI=1S/C10H8BrClO/c11-5-1-2-8-3-4-10(12)9(6-8)7-13/h3-4,6,13H,5,7H2. The zero-order valence-electron chi connectivity index (χ0n) is 6.85. The Balaban J connectivity index is 2.99. The Labute approximate surface area is 90.9 Å². The number of aliphatic hydroxyl groups is 1. The second-order valence-electron chi connectivity index (χ2n) is 2.40. The molecule has 1 aromatic carbocycles. The summed E-state index contributed by atoms with van der Waals surface area (Å²) in [6, 6.07) is 5.36. The van der Waals surface area contributed by atoms with E-state index in [1.54, 1.807) is 12.1 Å². The topological polar surface area (TPSA) is 20.2 Å². The molecule has 1 aromatic rings. The lowest BCUT2D eigenvalue weighted by atomic mass is 10.1. The van der Waals surface area contributed by atoms with Crippen LogP contribution in [0.15, 0.2) is 18.2 Å². The van der Waals surface area contributed by atoms with E-state index in [9.17, 15) is 0 Å². The molecule has 1 N–H and O–H groups in total. The third-order valence-electron chi connectivity index (χ3n) is 1.52. The molecule has 1 nitrogen and oxygen atoms in total. The number of halogens is 2.